The molecule has 1 fully saturated rings. The number of piperidine rings is 1. The maximum Gasteiger partial charge on any atom is 0.265 e. The largest absolute Gasteiger partial charge is 0.496 e. The lowest BCUT2D eigenvalue weighted by molar-refractivity contribution is 0.0635. The van der Waals surface area contributed by atoms with Crippen molar-refractivity contribution in [2.45, 2.75) is 39.7 Å². The van der Waals surface area contributed by atoms with Crippen LogP contribution >= 0.6 is 11.3 Å². The molecule has 6 heteroatoms. The van der Waals surface area contributed by atoms with Gasteiger partial charge in [0.15, 0.2) is 0 Å². The van der Waals surface area contributed by atoms with Crippen LogP contribution in [0.3, 0.4) is 0 Å². The number of fused-ring (bicyclic) bond motifs is 1. The number of likely N-dealkylation sites (tertiary alicyclic amines) is 1. The minimum atomic E-state index is 0.110. The van der Waals surface area contributed by atoms with Crippen molar-refractivity contribution in [1.82, 2.24) is 14.8 Å². The van der Waals surface area contributed by atoms with Crippen molar-refractivity contribution >= 4 is 28.0 Å². The molecule has 1 aliphatic heterocycles. The van der Waals surface area contributed by atoms with Gasteiger partial charge in [0.05, 0.1) is 18.4 Å². The monoisotopic (exact) mass is 437 g/mol. The van der Waals surface area contributed by atoms with E-state index < -0.39 is 0 Å². The molecule has 0 unspecified atom stereocenters. The fraction of sp³-hybridized carbons (Fsp3) is 0.440. The molecule has 2 heterocycles. The number of benzene rings is 2. The summed E-state index contributed by atoms with van der Waals surface area (Å²) in [6.45, 7) is 10.1. The number of carbonyl (C=O) groups is 1. The quantitative estimate of drug-likeness (QED) is 0.530. The van der Waals surface area contributed by atoms with Crippen molar-refractivity contribution < 1.29 is 9.53 Å². The van der Waals surface area contributed by atoms with Gasteiger partial charge >= 0.3 is 0 Å². The van der Waals surface area contributed by atoms with Crippen LogP contribution in [-0.2, 0) is 0 Å². The van der Waals surface area contributed by atoms with Gasteiger partial charge in [0, 0.05) is 19.1 Å². The summed E-state index contributed by atoms with van der Waals surface area (Å²) in [5.41, 5.74) is 1.76. The fourth-order valence-electron chi connectivity index (χ4n) is 4.66. The summed E-state index contributed by atoms with van der Waals surface area (Å²) in [6, 6.07) is 12.9. The molecule has 1 amide bonds. The third-order valence-electron chi connectivity index (χ3n) is 6.40. The predicted octanol–water partition coefficient (Wildman–Crippen LogP) is 5.23. The molecule has 1 saturated heterocycles. The SMILES string of the molecule is CCN(CC)C1CCN(C(=O)c2sc(-c3c(OC)ccc4ccccc34)nc2C)CC1. The lowest BCUT2D eigenvalue weighted by Crippen LogP contribution is -2.46. The second kappa shape index (κ2) is 9.37. The Kier molecular flexibility index (Phi) is 6.58. The first kappa shape index (κ1) is 21.8. The minimum Gasteiger partial charge on any atom is -0.496 e. The Morgan fingerprint density at radius 1 is 1.16 bits per heavy atom. The van der Waals surface area contributed by atoms with Crippen molar-refractivity contribution in [3.05, 3.63) is 47.0 Å². The summed E-state index contributed by atoms with van der Waals surface area (Å²) in [4.78, 5) is 23.4. The van der Waals surface area contributed by atoms with Crippen LogP contribution in [0.15, 0.2) is 36.4 Å². The predicted molar refractivity (Wildman–Crippen MR) is 128 cm³/mol. The van der Waals surface area contributed by atoms with Gasteiger partial charge in [0.2, 0.25) is 0 Å². The van der Waals surface area contributed by atoms with E-state index >= 15 is 0 Å². The zero-order chi connectivity index (χ0) is 22.0. The average molecular weight is 438 g/mol. The maximum atomic E-state index is 13.4. The molecule has 0 atom stereocenters. The highest BCUT2D eigenvalue weighted by atomic mass is 32.1. The number of methoxy groups -OCH3 is 1. The number of carbonyl (C=O) groups excluding carboxylic acids is 1. The van der Waals surface area contributed by atoms with Crippen molar-refractivity contribution in [1.29, 1.82) is 0 Å². The number of aromatic nitrogens is 1. The van der Waals surface area contributed by atoms with Crippen LogP contribution in [0.1, 0.15) is 42.1 Å². The van der Waals surface area contributed by atoms with Crippen molar-refractivity contribution in [2.24, 2.45) is 0 Å². The topological polar surface area (TPSA) is 45.7 Å². The van der Waals surface area contributed by atoms with E-state index in [0.29, 0.717) is 6.04 Å². The number of amides is 1. The number of hydrogen-bond donors (Lipinski definition) is 0. The molecular weight excluding hydrogens is 406 g/mol. The second-order valence-corrected chi connectivity index (χ2v) is 9.04. The van der Waals surface area contributed by atoms with Crippen LogP contribution < -0.4 is 4.74 Å². The molecule has 0 radical (unpaired) electrons. The third kappa shape index (κ3) is 4.19. The zero-order valence-electron chi connectivity index (χ0n) is 18.9. The maximum absolute atomic E-state index is 13.4. The Bertz CT molecular complexity index is 1070. The van der Waals surface area contributed by atoms with Gasteiger partial charge in [0.25, 0.3) is 5.91 Å². The normalized spacial score (nSPS) is 15.1. The van der Waals surface area contributed by atoms with E-state index in [2.05, 4.69) is 36.9 Å². The van der Waals surface area contributed by atoms with Gasteiger partial charge in [-0.3, -0.25) is 4.79 Å². The van der Waals surface area contributed by atoms with Crippen LogP contribution in [-0.4, -0.2) is 60.0 Å². The van der Waals surface area contributed by atoms with Crippen molar-refractivity contribution in [3.63, 3.8) is 0 Å². The van der Waals surface area contributed by atoms with Crippen LogP contribution in [0.25, 0.3) is 21.3 Å². The molecule has 2 aromatic carbocycles. The standard InChI is InChI=1S/C25H31N3O2S/c1-5-27(6-2)19-13-15-28(16-14-19)25(29)23-17(3)26-24(31-23)22-20-10-8-7-9-18(20)11-12-21(22)30-4/h7-12,19H,5-6,13-16H2,1-4H3. The van der Waals surface area contributed by atoms with Gasteiger partial charge in [-0.25, -0.2) is 4.98 Å². The Labute approximate surface area is 188 Å². The molecule has 1 aromatic heterocycles. The molecule has 0 aliphatic carbocycles. The lowest BCUT2D eigenvalue weighted by atomic mass is 10.0. The molecular formula is C25H31N3O2S. The first-order valence-corrected chi connectivity index (χ1v) is 12.0. The van der Waals surface area contributed by atoms with E-state index in [-0.39, 0.29) is 5.91 Å². The van der Waals surface area contributed by atoms with Gasteiger partial charge in [0.1, 0.15) is 15.6 Å². The van der Waals surface area contributed by atoms with Gasteiger partial charge < -0.3 is 14.5 Å². The van der Waals surface area contributed by atoms with E-state index in [1.165, 1.54) is 11.3 Å². The minimum absolute atomic E-state index is 0.110. The molecule has 4 rings (SSSR count). The lowest BCUT2D eigenvalue weighted by Gasteiger charge is -2.37. The van der Waals surface area contributed by atoms with Gasteiger partial charge in [-0.2, -0.15) is 0 Å². The zero-order valence-corrected chi connectivity index (χ0v) is 19.7. The van der Waals surface area contributed by atoms with Crippen molar-refractivity contribution in [2.75, 3.05) is 33.3 Å². The van der Waals surface area contributed by atoms with E-state index in [9.17, 15) is 4.79 Å². The van der Waals surface area contributed by atoms with E-state index in [0.717, 1.165) is 76.7 Å². The summed E-state index contributed by atoms with van der Waals surface area (Å²) in [7, 11) is 1.68. The van der Waals surface area contributed by atoms with Crippen molar-refractivity contribution in [3.8, 4) is 16.3 Å². The Morgan fingerprint density at radius 3 is 2.55 bits per heavy atom. The summed E-state index contributed by atoms with van der Waals surface area (Å²) < 4.78 is 5.66. The molecule has 5 nitrogen and oxygen atoms in total. The summed E-state index contributed by atoms with van der Waals surface area (Å²) in [6.07, 6.45) is 2.07. The number of aryl methyl sites for hydroxylation is 1. The van der Waals surface area contributed by atoms with Gasteiger partial charge in [-0.05, 0) is 49.7 Å². The van der Waals surface area contributed by atoms with Gasteiger partial charge in [-0.15, -0.1) is 11.3 Å². The third-order valence-corrected chi connectivity index (χ3v) is 7.56. The average Bonchev–Trinajstić information content (AvgIpc) is 3.20. The number of rotatable bonds is 6. The number of ether oxygens (including phenoxy) is 1. The van der Waals surface area contributed by atoms with E-state index in [1.807, 2.05) is 30.0 Å². The van der Waals surface area contributed by atoms with Gasteiger partial charge in [-0.1, -0.05) is 44.2 Å². The first-order valence-electron chi connectivity index (χ1n) is 11.1. The highest BCUT2D eigenvalue weighted by Gasteiger charge is 2.29. The number of thiazole rings is 1. The summed E-state index contributed by atoms with van der Waals surface area (Å²) >= 11 is 1.48. The van der Waals surface area contributed by atoms with Crippen LogP contribution in [0.2, 0.25) is 0 Å². The Morgan fingerprint density at radius 2 is 1.87 bits per heavy atom. The van der Waals surface area contributed by atoms with Crippen LogP contribution in [0.4, 0.5) is 0 Å². The molecule has 0 saturated carbocycles. The Balaban J connectivity index is 1.61. The Hall–Kier alpha value is -2.44. The molecule has 31 heavy (non-hydrogen) atoms. The number of hydrogen-bond acceptors (Lipinski definition) is 5. The van der Waals surface area contributed by atoms with E-state index in [1.54, 1.807) is 7.11 Å². The molecule has 0 N–H and O–H groups in total. The fourth-order valence-corrected chi connectivity index (χ4v) is 5.76. The summed E-state index contributed by atoms with van der Waals surface area (Å²) in [5, 5.41) is 3.07. The highest BCUT2D eigenvalue weighted by molar-refractivity contribution is 7.17. The summed E-state index contributed by atoms with van der Waals surface area (Å²) in [5.74, 6) is 0.893. The smallest absolute Gasteiger partial charge is 0.265 e. The molecule has 1 aliphatic rings. The highest BCUT2D eigenvalue weighted by Crippen LogP contribution is 2.40. The first-order chi connectivity index (χ1) is 15.1. The number of nitrogens with zero attached hydrogens (tertiary/aromatic N) is 3. The molecule has 0 spiro atoms. The van der Waals surface area contributed by atoms with Crippen LogP contribution in [0, 0.1) is 6.92 Å². The van der Waals surface area contributed by atoms with E-state index in [4.69, 9.17) is 9.72 Å². The molecule has 164 valence electrons. The second-order valence-electron chi connectivity index (χ2n) is 8.04. The molecule has 3 aromatic rings. The van der Waals surface area contributed by atoms with Crippen LogP contribution in [0.5, 0.6) is 5.75 Å². The molecule has 0 bridgehead atoms.